The van der Waals surface area contributed by atoms with Gasteiger partial charge in [-0.15, -0.1) is 0 Å². The Morgan fingerprint density at radius 1 is 0.373 bits per heavy atom. The fourth-order valence-corrected chi connectivity index (χ4v) is 9.62. The molecule has 7 aromatic carbocycles. The summed E-state index contributed by atoms with van der Waals surface area (Å²) in [6, 6.07) is 59.7. The normalized spacial score (nSPS) is 15.1. The molecule has 1 spiro atoms. The third-order valence-electron chi connectivity index (χ3n) is 12.1. The van der Waals surface area contributed by atoms with Gasteiger partial charge in [0.2, 0.25) is 0 Å². The van der Waals surface area contributed by atoms with Gasteiger partial charge in [-0.3, -0.25) is 0 Å². The largest absolute Gasteiger partial charge is 0.310 e. The molecule has 51 heavy (non-hydrogen) atoms. The minimum absolute atomic E-state index is 0.0756. The summed E-state index contributed by atoms with van der Waals surface area (Å²) in [6.45, 7) is 11.6. The fourth-order valence-electron chi connectivity index (χ4n) is 9.62. The van der Waals surface area contributed by atoms with Crippen molar-refractivity contribution >= 4 is 17.1 Å². The lowest BCUT2D eigenvalue weighted by Crippen LogP contribution is -2.25. The minimum Gasteiger partial charge on any atom is -0.310 e. The van der Waals surface area contributed by atoms with E-state index < -0.39 is 0 Å². The van der Waals surface area contributed by atoms with Crippen LogP contribution in [-0.2, 0) is 16.2 Å². The molecule has 0 aliphatic heterocycles. The van der Waals surface area contributed by atoms with E-state index in [1.165, 1.54) is 78.0 Å². The SMILES string of the molecule is CC(C)(C)c1ccc(N(c2ccc3c(c2)-c2ccccc2C32c3ccccc3-c3ccccc32)c2ccc3c(c2)C(C)(C)c2ccccc2-3)cc1. The van der Waals surface area contributed by atoms with Crippen LogP contribution >= 0.6 is 0 Å². The molecule has 0 N–H and O–H groups in total. The van der Waals surface area contributed by atoms with Gasteiger partial charge in [-0.1, -0.05) is 156 Å². The maximum atomic E-state index is 2.47. The molecule has 1 heteroatoms. The molecule has 0 saturated carbocycles. The fraction of sp³-hybridized carbons (Fsp3) is 0.160. The number of hydrogen-bond donors (Lipinski definition) is 0. The van der Waals surface area contributed by atoms with E-state index in [-0.39, 0.29) is 16.2 Å². The summed E-state index contributed by atoms with van der Waals surface area (Å²) in [6.07, 6.45) is 0. The molecule has 0 bridgehead atoms. The molecular weight excluding hydrogens is 615 g/mol. The van der Waals surface area contributed by atoms with Crippen LogP contribution in [0, 0.1) is 0 Å². The van der Waals surface area contributed by atoms with E-state index in [0.717, 1.165) is 11.4 Å². The van der Waals surface area contributed by atoms with Gasteiger partial charge in [0.05, 0.1) is 5.41 Å². The van der Waals surface area contributed by atoms with Crippen LogP contribution in [-0.4, -0.2) is 0 Å². The average molecular weight is 656 g/mol. The lowest BCUT2D eigenvalue weighted by atomic mass is 9.70. The van der Waals surface area contributed by atoms with Gasteiger partial charge >= 0.3 is 0 Å². The Kier molecular flexibility index (Phi) is 6.18. The monoisotopic (exact) mass is 655 g/mol. The molecule has 246 valence electrons. The van der Waals surface area contributed by atoms with Crippen molar-refractivity contribution in [2.75, 3.05) is 4.90 Å². The van der Waals surface area contributed by atoms with Crippen molar-refractivity contribution in [2.45, 2.75) is 50.9 Å². The molecule has 0 saturated heterocycles. The second kappa shape index (κ2) is 10.4. The smallest absolute Gasteiger partial charge is 0.0725 e. The van der Waals surface area contributed by atoms with Gasteiger partial charge in [0.15, 0.2) is 0 Å². The van der Waals surface area contributed by atoms with Crippen molar-refractivity contribution in [2.24, 2.45) is 0 Å². The minimum atomic E-state index is -0.347. The van der Waals surface area contributed by atoms with Crippen LogP contribution in [0.1, 0.15) is 73.6 Å². The average Bonchev–Trinajstić information content (AvgIpc) is 3.70. The van der Waals surface area contributed by atoms with Gasteiger partial charge in [0.25, 0.3) is 0 Å². The van der Waals surface area contributed by atoms with Crippen molar-refractivity contribution in [3.63, 3.8) is 0 Å². The Balaban J connectivity index is 1.20. The Labute approximate surface area is 301 Å². The van der Waals surface area contributed by atoms with Crippen molar-refractivity contribution in [3.8, 4) is 33.4 Å². The highest BCUT2D eigenvalue weighted by Crippen LogP contribution is 2.63. The van der Waals surface area contributed by atoms with Crippen molar-refractivity contribution in [1.82, 2.24) is 0 Å². The highest BCUT2D eigenvalue weighted by Gasteiger charge is 2.51. The molecule has 0 aromatic heterocycles. The molecule has 0 unspecified atom stereocenters. The van der Waals surface area contributed by atoms with Gasteiger partial charge < -0.3 is 4.90 Å². The lowest BCUT2D eigenvalue weighted by Gasteiger charge is -2.31. The zero-order valence-corrected chi connectivity index (χ0v) is 30.0. The Morgan fingerprint density at radius 3 is 1.35 bits per heavy atom. The van der Waals surface area contributed by atoms with E-state index in [1.807, 2.05) is 0 Å². The quantitative estimate of drug-likeness (QED) is 0.183. The number of nitrogens with zero attached hydrogens (tertiary/aromatic N) is 1. The standard InChI is InChI=1S/C50H41N/c1-48(2,3)32-22-24-33(25-23-32)51(35-26-28-40-36-14-6-10-18-42(36)49(4,5)47(40)31-35)34-27-29-46-41(30-34)39-17-9-13-21-45(39)50(46)43-19-11-7-15-37(43)38-16-8-12-20-44(38)50/h6-31H,1-5H3. The molecule has 0 fully saturated rings. The van der Waals surface area contributed by atoms with Gasteiger partial charge in [-0.2, -0.15) is 0 Å². The molecule has 0 heterocycles. The second-order valence-corrected chi connectivity index (χ2v) is 16.1. The third-order valence-corrected chi connectivity index (χ3v) is 12.1. The molecular formula is C50H41N. The van der Waals surface area contributed by atoms with E-state index in [1.54, 1.807) is 0 Å². The Morgan fingerprint density at radius 2 is 0.784 bits per heavy atom. The van der Waals surface area contributed by atoms with E-state index >= 15 is 0 Å². The Bertz CT molecular complexity index is 2500. The summed E-state index contributed by atoms with van der Waals surface area (Å²) in [4.78, 5) is 2.47. The molecule has 0 radical (unpaired) electrons. The van der Waals surface area contributed by atoms with Crippen LogP contribution in [0.5, 0.6) is 0 Å². The van der Waals surface area contributed by atoms with E-state index in [9.17, 15) is 0 Å². The van der Waals surface area contributed by atoms with E-state index in [0.29, 0.717) is 0 Å². The first-order chi connectivity index (χ1) is 24.7. The highest BCUT2D eigenvalue weighted by molar-refractivity contribution is 5.96. The van der Waals surface area contributed by atoms with Crippen LogP contribution in [0.2, 0.25) is 0 Å². The predicted octanol–water partition coefficient (Wildman–Crippen LogP) is 13.1. The number of fused-ring (bicyclic) bond motifs is 13. The summed E-state index contributed by atoms with van der Waals surface area (Å²) in [5.41, 5.74) is 20.7. The molecule has 7 aromatic rings. The maximum Gasteiger partial charge on any atom is 0.0725 e. The van der Waals surface area contributed by atoms with Crippen LogP contribution < -0.4 is 4.90 Å². The molecule has 3 aliphatic rings. The molecule has 0 amide bonds. The molecule has 10 rings (SSSR count). The predicted molar refractivity (Wildman–Crippen MR) is 214 cm³/mol. The first kappa shape index (κ1) is 30.2. The van der Waals surface area contributed by atoms with Crippen LogP contribution in [0.4, 0.5) is 17.1 Å². The van der Waals surface area contributed by atoms with Crippen molar-refractivity contribution in [3.05, 3.63) is 197 Å². The van der Waals surface area contributed by atoms with Crippen LogP contribution in [0.15, 0.2) is 158 Å². The van der Waals surface area contributed by atoms with E-state index in [2.05, 4.69) is 197 Å². The zero-order valence-electron chi connectivity index (χ0n) is 30.0. The first-order valence-corrected chi connectivity index (χ1v) is 18.3. The van der Waals surface area contributed by atoms with Crippen molar-refractivity contribution < 1.29 is 0 Å². The van der Waals surface area contributed by atoms with Crippen LogP contribution in [0.25, 0.3) is 33.4 Å². The number of anilines is 3. The van der Waals surface area contributed by atoms with Gasteiger partial charge in [0.1, 0.15) is 0 Å². The number of hydrogen-bond acceptors (Lipinski definition) is 1. The van der Waals surface area contributed by atoms with Crippen molar-refractivity contribution in [1.29, 1.82) is 0 Å². The Hall–Kier alpha value is -5.66. The van der Waals surface area contributed by atoms with Gasteiger partial charge in [0, 0.05) is 22.5 Å². The van der Waals surface area contributed by atoms with Crippen LogP contribution in [0.3, 0.4) is 0 Å². The number of benzene rings is 7. The highest BCUT2D eigenvalue weighted by atomic mass is 15.1. The number of rotatable bonds is 3. The summed E-state index contributed by atoms with van der Waals surface area (Å²) < 4.78 is 0. The molecule has 1 nitrogen and oxygen atoms in total. The summed E-state index contributed by atoms with van der Waals surface area (Å²) >= 11 is 0. The zero-order chi connectivity index (χ0) is 34.7. The third kappa shape index (κ3) is 4.04. The maximum absolute atomic E-state index is 2.47. The molecule has 3 aliphatic carbocycles. The second-order valence-electron chi connectivity index (χ2n) is 16.1. The molecule has 0 atom stereocenters. The summed E-state index contributed by atoms with van der Waals surface area (Å²) in [5, 5.41) is 0. The van der Waals surface area contributed by atoms with E-state index in [4.69, 9.17) is 0 Å². The lowest BCUT2D eigenvalue weighted by molar-refractivity contribution is 0.590. The van der Waals surface area contributed by atoms with Gasteiger partial charge in [-0.05, 0) is 114 Å². The summed E-state index contributed by atoms with van der Waals surface area (Å²) in [7, 11) is 0. The first-order valence-electron chi connectivity index (χ1n) is 18.3. The van der Waals surface area contributed by atoms with Gasteiger partial charge in [-0.25, -0.2) is 0 Å². The topological polar surface area (TPSA) is 3.24 Å². The summed E-state index contributed by atoms with van der Waals surface area (Å²) in [5.74, 6) is 0.